The molecule has 4 aromatic rings. The van der Waals surface area contributed by atoms with Crippen LogP contribution in [0.4, 0.5) is 16.2 Å². The first-order valence-corrected chi connectivity index (χ1v) is 8.16. The molecule has 0 saturated carbocycles. The number of aromatic nitrogens is 4. The Morgan fingerprint density at radius 2 is 1.85 bits per heavy atom. The smallest absolute Gasteiger partial charge is 0.224 e. The molecule has 0 bridgehead atoms. The van der Waals surface area contributed by atoms with Gasteiger partial charge >= 0.3 is 0 Å². The second-order valence-corrected chi connectivity index (χ2v) is 6.24. The Morgan fingerprint density at radius 3 is 2.62 bits per heavy atom. The maximum Gasteiger partial charge on any atom is 0.224 e. The minimum Gasteiger partial charge on any atom is -0.383 e. The monoisotopic (exact) mass is 368 g/mol. The fraction of sp³-hybridized carbons (Fsp3) is 0.0556. The largest absolute Gasteiger partial charge is 0.383 e. The molecule has 0 aliphatic carbocycles. The molecule has 26 heavy (non-hydrogen) atoms. The van der Waals surface area contributed by atoms with Gasteiger partial charge in [-0.05, 0) is 36.8 Å². The van der Waals surface area contributed by atoms with Gasteiger partial charge in [0.05, 0.1) is 16.6 Å². The van der Waals surface area contributed by atoms with Crippen molar-refractivity contribution in [1.29, 1.82) is 0 Å². The minimum atomic E-state index is -0.377. The topological polar surface area (TPSA) is 95.6 Å². The highest BCUT2D eigenvalue weighted by Gasteiger charge is 2.20. The third kappa shape index (κ3) is 2.62. The zero-order valence-corrected chi connectivity index (χ0v) is 14.5. The molecule has 0 aliphatic rings. The van der Waals surface area contributed by atoms with Crippen molar-refractivity contribution >= 4 is 34.4 Å². The van der Waals surface area contributed by atoms with Crippen LogP contribution in [0.15, 0.2) is 42.5 Å². The normalized spacial score (nSPS) is 11.2. The van der Waals surface area contributed by atoms with E-state index in [-0.39, 0.29) is 17.6 Å². The minimum absolute atomic E-state index is 0.0148. The van der Waals surface area contributed by atoms with Gasteiger partial charge in [-0.2, -0.15) is 9.97 Å². The molecule has 0 radical (unpaired) electrons. The van der Waals surface area contributed by atoms with Crippen LogP contribution < -0.4 is 11.5 Å². The standard InChI is InChI=1S/C18H14ClFN6/c1-9-23-13-6-5-12(20)8-14(13)26(9)17-15(16(21)24-18(22)25-17)10-3-2-4-11(19)7-10/h2-8H,1H3,(H4,21,22,24,25). The van der Waals surface area contributed by atoms with E-state index in [2.05, 4.69) is 15.0 Å². The molecule has 6 nitrogen and oxygen atoms in total. The summed E-state index contributed by atoms with van der Waals surface area (Å²) in [6.07, 6.45) is 0. The fourth-order valence-electron chi connectivity index (χ4n) is 3.00. The molecular formula is C18H14ClFN6. The molecule has 0 spiro atoms. The second-order valence-electron chi connectivity index (χ2n) is 5.80. The van der Waals surface area contributed by atoms with E-state index in [0.29, 0.717) is 33.3 Å². The van der Waals surface area contributed by atoms with Crippen LogP contribution in [0, 0.1) is 12.7 Å². The van der Waals surface area contributed by atoms with Crippen molar-refractivity contribution in [3.8, 4) is 16.9 Å². The van der Waals surface area contributed by atoms with Crippen LogP contribution in [0.5, 0.6) is 0 Å². The molecule has 0 fully saturated rings. The van der Waals surface area contributed by atoms with Crippen molar-refractivity contribution < 1.29 is 4.39 Å². The first-order chi connectivity index (χ1) is 12.4. The highest BCUT2D eigenvalue weighted by atomic mass is 35.5. The Labute approximate surface area is 153 Å². The molecule has 8 heteroatoms. The average molecular weight is 369 g/mol. The van der Waals surface area contributed by atoms with Crippen molar-refractivity contribution in [2.45, 2.75) is 6.92 Å². The average Bonchev–Trinajstić information content (AvgIpc) is 2.89. The third-order valence-corrected chi connectivity index (χ3v) is 4.28. The third-order valence-electron chi connectivity index (χ3n) is 4.04. The number of nitrogens with two attached hydrogens (primary N) is 2. The highest BCUT2D eigenvalue weighted by Crippen LogP contribution is 2.34. The van der Waals surface area contributed by atoms with Gasteiger partial charge in [-0.15, -0.1) is 0 Å². The van der Waals surface area contributed by atoms with E-state index in [0.717, 1.165) is 5.56 Å². The lowest BCUT2D eigenvalue weighted by atomic mass is 10.1. The Kier molecular flexibility index (Phi) is 3.73. The van der Waals surface area contributed by atoms with E-state index in [1.165, 1.54) is 12.1 Å². The summed E-state index contributed by atoms with van der Waals surface area (Å²) in [7, 11) is 0. The van der Waals surface area contributed by atoms with Gasteiger partial charge in [0.2, 0.25) is 5.95 Å². The van der Waals surface area contributed by atoms with Gasteiger partial charge in [-0.25, -0.2) is 9.37 Å². The summed E-state index contributed by atoms with van der Waals surface area (Å²) in [5.41, 5.74) is 14.5. The van der Waals surface area contributed by atoms with Gasteiger partial charge in [0.1, 0.15) is 17.5 Å². The molecule has 2 heterocycles. The Bertz CT molecular complexity index is 1150. The summed E-state index contributed by atoms with van der Waals surface area (Å²) in [6.45, 7) is 1.80. The number of hydrogen-bond acceptors (Lipinski definition) is 5. The van der Waals surface area contributed by atoms with Gasteiger partial charge in [-0.1, -0.05) is 23.7 Å². The molecule has 2 aromatic heterocycles. The molecule has 0 aliphatic heterocycles. The number of nitrogen functional groups attached to an aromatic ring is 2. The molecule has 4 N–H and O–H groups in total. The van der Waals surface area contributed by atoms with Crippen LogP contribution in [0.3, 0.4) is 0 Å². The number of aryl methyl sites for hydroxylation is 1. The summed E-state index contributed by atoms with van der Waals surface area (Å²) in [5.74, 6) is 0.876. The molecule has 4 rings (SSSR count). The van der Waals surface area contributed by atoms with E-state index >= 15 is 0 Å². The van der Waals surface area contributed by atoms with Crippen LogP contribution >= 0.6 is 11.6 Å². The SMILES string of the molecule is Cc1nc2ccc(F)cc2n1-c1nc(N)nc(N)c1-c1cccc(Cl)c1. The molecular weight excluding hydrogens is 355 g/mol. The summed E-state index contributed by atoms with van der Waals surface area (Å²) >= 11 is 6.13. The van der Waals surface area contributed by atoms with E-state index < -0.39 is 0 Å². The van der Waals surface area contributed by atoms with Crippen LogP contribution in [0.2, 0.25) is 5.02 Å². The number of nitrogens with zero attached hydrogens (tertiary/aromatic N) is 4. The lowest BCUT2D eigenvalue weighted by Crippen LogP contribution is -2.10. The van der Waals surface area contributed by atoms with Crippen molar-refractivity contribution in [1.82, 2.24) is 19.5 Å². The van der Waals surface area contributed by atoms with Crippen molar-refractivity contribution in [3.63, 3.8) is 0 Å². The van der Waals surface area contributed by atoms with Crippen molar-refractivity contribution in [2.75, 3.05) is 11.5 Å². The first-order valence-electron chi connectivity index (χ1n) is 7.78. The van der Waals surface area contributed by atoms with Crippen LogP contribution in [0.1, 0.15) is 5.82 Å². The number of hydrogen-bond donors (Lipinski definition) is 2. The Balaban J connectivity index is 2.10. The number of benzene rings is 2. The lowest BCUT2D eigenvalue weighted by molar-refractivity contribution is 0.629. The van der Waals surface area contributed by atoms with E-state index in [9.17, 15) is 4.39 Å². The Hall–Kier alpha value is -3.19. The van der Waals surface area contributed by atoms with Gasteiger partial charge in [0.25, 0.3) is 0 Å². The van der Waals surface area contributed by atoms with Crippen LogP contribution in [-0.2, 0) is 0 Å². The predicted octanol–water partition coefficient (Wildman–Crippen LogP) is 3.75. The molecule has 0 amide bonds. The predicted molar refractivity (Wildman–Crippen MR) is 101 cm³/mol. The second kappa shape index (κ2) is 5.96. The summed E-state index contributed by atoms with van der Waals surface area (Å²) in [5, 5.41) is 0.544. The van der Waals surface area contributed by atoms with E-state index in [1.807, 2.05) is 6.07 Å². The molecule has 0 unspecified atom stereocenters. The van der Waals surface area contributed by atoms with Gasteiger partial charge in [0, 0.05) is 11.1 Å². The summed E-state index contributed by atoms with van der Waals surface area (Å²) in [6, 6.07) is 11.5. The molecule has 130 valence electrons. The maximum absolute atomic E-state index is 13.8. The van der Waals surface area contributed by atoms with Crippen molar-refractivity contribution in [2.24, 2.45) is 0 Å². The number of fused-ring (bicyclic) bond motifs is 1. The van der Waals surface area contributed by atoms with Gasteiger partial charge < -0.3 is 11.5 Å². The fourth-order valence-corrected chi connectivity index (χ4v) is 3.19. The maximum atomic E-state index is 13.8. The Morgan fingerprint density at radius 1 is 1.04 bits per heavy atom. The quantitative estimate of drug-likeness (QED) is 0.561. The molecule has 2 aromatic carbocycles. The highest BCUT2D eigenvalue weighted by molar-refractivity contribution is 6.30. The van der Waals surface area contributed by atoms with Crippen LogP contribution in [0.25, 0.3) is 28.0 Å². The lowest BCUT2D eigenvalue weighted by Gasteiger charge is -2.15. The van der Waals surface area contributed by atoms with Crippen LogP contribution in [-0.4, -0.2) is 19.5 Å². The number of anilines is 2. The summed E-state index contributed by atoms with van der Waals surface area (Å²) < 4.78 is 15.5. The molecule has 0 saturated heterocycles. The van der Waals surface area contributed by atoms with Gasteiger partial charge in [-0.3, -0.25) is 4.57 Å². The summed E-state index contributed by atoms with van der Waals surface area (Å²) in [4.78, 5) is 12.9. The number of halogens is 2. The number of imidazole rings is 1. The zero-order chi connectivity index (χ0) is 18.4. The van der Waals surface area contributed by atoms with Gasteiger partial charge in [0.15, 0.2) is 5.82 Å². The zero-order valence-electron chi connectivity index (χ0n) is 13.7. The number of rotatable bonds is 2. The van der Waals surface area contributed by atoms with Crippen molar-refractivity contribution in [3.05, 3.63) is 59.1 Å². The first kappa shape index (κ1) is 16.3. The molecule has 0 atom stereocenters. The van der Waals surface area contributed by atoms with E-state index in [4.69, 9.17) is 23.1 Å². The van der Waals surface area contributed by atoms with E-state index in [1.54, 1.807) is 35.8 Å².